The van der Waals surface area contributed by atoms with E-state index in [1.807, 2.05) is 0 Å². The molecular formula is C12H20N2O4. The van der Waals surface area contributed by atoms with E-state index in [0.717, 1.165) is 6.08 Å². The second-order valence-electron chi connectivity index (χ2n) is 3.87. The van der Waals surface area contributed by atoms with E-state index in [4.69, 9.17) is 4.74 Å². The third-order valence-corrected chi connectivity index (χ3v) is 2.13. The van der Waals surface area contributed by atoms with E-state index in [1.54, 1.807) is 28.1 Å². The second kappa shape index (κ2) is 7.37. The molecule has 0 aromatic carbocycles. The van der Waals surface area contributed by atoms with Gasteiger partial charge in [-0.05, 0) is 6.92 Å². The fraction of sp³-hybridized carbons (Fsp3) is 0.500. The summed E-state index contributed by atoms with van der Waals surface area (Å²) < 4.78 is 4.76. The average molecular weight is 256 g/mol. The normalized spacial score (nSPS) is 10.8. The van der Waals surface area contributed by atoms with Crippen LogP contribution in [0.1, 0.15) is 6.92 Å². The van der Waals surface area contributed by atoms with Crippen LogP contribution in [0, 0.1) is 0 Å². The summed E-state index contributed by atoms with van der Waals surface area (Å²) in [6.07, 6.45) is 1.05. The topological polar surface area (TPSA) is 70.1 Å². The zero-order chi connectivity index (χ0) is 14.3. The maximum absolute atomic E-state index is 11.3. The minimum atomic E-state index is -0.423. The van der Waals surface area contributed by atoms with Crippen LogP contribution in [-0.2, 0) is 14.3 Å². The van der Waals surface area contributed by atoms with Gasteiger partial charge in [-0.3, -0.25) is 9.59 Å². The average Bonchev–Trinajstić information content (AvgIpc) is 2.27. The summed E-state index contributed by atoms with van der Waals surface area (Å²) in [5, 5.41) is 9.67. The van der Waals surface area contributed by atoms with Gasteiger partial charge in [-0.1, -0.05) is 6.58 Å². The SMILES string of the molecule is C=C(C(O)=CC(=O)N(C)C)N(C)CC(=O)OCC. The van der Waals surface area contributed by atoms with E-state index in [2.05, 4.69) is 6.58 Å². The van der Waals surface area contributed by atoms with Gasteiger partial charge in [0.15, 0.2) is 0 Å². The maximum atomic E-state index is 11.3. The highest BCUT2D eigenvalue weighted by Gasteiger charge is 2.13. The molecule has 102 valence electrons. The summed E-state index contributed by atoms with van der Waals surface area (Å²) in [6, 6.07) is 0. The molecule has 6 nitrogen and oxygen atoms in total. The van der Waals surface area contributed by atoms with Gasteiger partial charge in [0, 0.05) is 27.2 Å². The van der Waals surface area contributed by atoms with Gasteiger partial charge in [-0.25, -0.2) is 0 Å². The number of carbonyl (C=O) groups is 2. The summed E-state index contributed by atoms with van der Waals surface area (Å²) in [6.45, 7) is 5.57. The second-order valence-corrected chi connectivity index (χ2v) is 3.87. The van der Waals surface area contributed by atoms with E-state index in [-0.39, 0.29) is 23.9 Å². The predicted octanol–water partition coefficient (Wildman–Crippen LogP) is 0.525. The van der Waals surface area contributed by atoms with Crippen LogP contribution in [0.15, 0.2) is 24.1 Å². The van der Waals surface area contributed by atoms with Crippen molar-refractivity contribution in [3.63, 3.8) is 0 Å². The lowest BCUT2D eigenvalue weighted by Gasteiger charge is -2.20. The molecule has 0 aromatic heterocycles. The molecule has 0 aliphatic carbocycles. The molecule has 0 heterocycles. The van der Waals surface area contributed by atoms with Crippen molar-refractivity contribution in [1.82, 2.24) is 9.80 Å². The van der Waals surface area contributed by atoms with E-state index < -0.39 is 5.97 Å². The molecule has 0 spiro atoms. The number of rotatable bonds is 6. The van der Waals surface area contributed by atoms with Crippen molar-refractivity contribution in [2.75, 3.05) is 34.3 Å². The first-order valence-electron chi connectivity index (χ1n) is 5.47. The van der Waals surface area contributed by atoms with E-state index in [0.29, 0.717) is 6.61 Å². The Labute approximate surface area is 107 Å². The van der Waals surface area contributed by atoms with Crippen LogP contribution < -0.4 is 0 Å². The zero-order valence-electron chi connectivity index (χ0n) is 11.3. The van der Waals surface area contributed by atoms with Gasteiger partial charge in [0.25, 0.3) is 0 Å². The van der Waals surface area contributed by atoms with Crippen LogP contribution in [-0.4, -0.2) is 61.1 Å². The van der Waals surface area contributed by atoms with Gasteiger partial charge in [0.05, 0.1) is 12.3 Å². The van der Waals surface area contributed by atoms with E-state index in [9.17, 15) is 14.7 Å². The van der Waals surface area contributed by atoms with Crippen molar-refractivity contribution in [2.45, 2.75) is 6.92 Å². The van der Waals surface area contributed by atoms with Crippen LogP contribution in [0.2, 0.25) is 0 Å². The Morgan fingerprint density at radius 1 is 1.33 bits per heavy atom. The molecule has 0 aromatic rings. The number of amides is 1. The number of hydrogen-bond acceptors (Lipinski definition) is 5. The highest BCUT2D eigenvalue weighted by Crippen LogP contribution is 2.08. The Hall–Kier alpha value is -1.98. The fourth-order valence-corrected chi connectivity index (χ4v) is 1.02. The van der Waals surface area contributed by atoms with Crippen molar-refractivity contribution in [1.29, 1.82) is 0 Å². The van der Waals surface area contributed by atoms with Crippen LogP contribution in [0.3, 0.4) is 0 Å². The van der Waals surface area contributed by atoms with Crippen LogP contribution in [0.4, 0.5) is 0 Å². The number of aliphatic hydroxyl groups is 1. The Morgan fingerprint density at radius 3 is 2.33 bits per heavy atom. The molecule has 0 aliphatic heterocycles. The van der Waals surface area contributed by atoms with Gasteiger partial charge in [-0.2, -0.15) is 0 Å². The fourth-order valence-electron chi connectivity index (χ4n) is 1.02. The summed E-state index contributed by atoms with van der Waals surface area (Å²) in [5.41, 5.74) is 0.179. The first-order valence-corrected chi connectivity index (χ1v) is 5.47. The molecule has 0 fully saturated rings. The molecule has 1 amide bonds. The summed E-state index contributed by atoms with van der Waals surface area (Å²) in [5.74, 6) is -1.06. The lowest BCUT2D eigenvalue weighted by Crippen LogP contribution is -2.28. The van der Waals surface area contributed by atoms with Gasteiger partial charge in [0.1, 0.15) is 12.3 Å². The quantitative estimate of drug-likeness (QED) is 0.325. The molecule has 0 unspecified atom stereocenters. The predicted molar refractivity (Wildman–Crippen MR) is 67.8 cm³/mol. The molecule has 6 heteroatoms. The molecular weight excluding hydrogens is 236 g/mol. The molecule has 0 bridgehead atoms. The van der Waals surface area contributed by atoms with E-state index >= 15 is 0 Å². The van der Waals surface area contributed by atoms with Crippen molar-refractivity contribution in [3.8, 4) is 0 Å². The Morgan fingerprint density at radius 2 is 1.89 bits per heavy atom. The smallest absolute Gasteiger partial charge is 0.325 e. The van der Waals surface area contributed by atoms with Crippen LogP contribution in [0.5, 0.6) is 0 Å². The third kappa shape index (κ3) is 5.38. The van der Waals surface area contributed by atoms with Gasteiger partial charge in [-0.15, -0.1) is 0 Å². The van der Waals surface area contributed by atoms with Crippen LogP contribution in [0.25, 0.3) is 0 Å². The molecule has 0 saturated heterocycles. The molecule has 0 atom stereocenters. The third-order valence-electron chi connectivity index (χ3n) is 2.13. The molecule has 0 saturated carbocycles. The number of hydrogen-bond donors (Lipinski definition) is 1. The molecule has 0 rings (SSSR count). The number of aliphatic hydroxyl groups excluding tert-OH is 1. The van der Waals surface area contributed by atoms with Crippen molar-refractivity contribution >= 4 is 11.9 Å². The molecule has 0 aliphatic rings. The number of carbonyl (C=O) groups excluding carboxylic acids is 2. The lowest BCUT2D eigenvalue weighted by atomic mass is 10.3. The Kier molecular flexibility index (Phi) is 6.56. The summed E-state index contributed by atoms with van der Waals surface area (Å²) >= 11 is 0. The molecule has 18 heavy (non-hydrogen) atoms. The minimum absolute atomic E-state index is 0.0409. The van der Waals surface area contributed by atoms with Gasteiger partial charge >= 0.3 is 5.97 Å². The van der Waals surface area contributed by atoms with Gasteiger partial charge in [0.2, 0.25) is 5.91 Å². The first-order chi connectivity index (χ1) is 8.29. The van der Waals surface area contributed by atoms with Crippen molar-refractivity contribution in [3.05, 3.63) is 24.1 Å². The minimum Gasteiger partial charge on any atom is -0.506 e. The Balaban J connectivity index is 4.55. The largest absolute Gasteiger partial charge is 0.506 e. The standard InChI is InChI=1S/C12H20N2O4/c1-6-18-12(17)8-14(5)9(2)10(15)7-11(16)13(3)4/h7,15H,2,6,8H2,1,3-5H3. The molecule has 1 N–H and O–H groups in total. The lowest BCUT2D eigenvalue weighted by molar-refractivity contribution is -0.143. The number of likely N-dealkylation sites (N-methyl/N-ethyl adjacent to an activating group) is 2. The zero-order valence-corrected chi connectivity index (χ0v) is 11.3. The first kappa shape index (κ1) is 16.0. The number of ether oxygens (including phenoxy) is 1. The Bertz CT molecular complexity index is 361. The highest BCUT2D eigenvalue weighted by molar-refractivity contribution is 5.88. The van der Waals surface area contributed by atoms with E-state index in [1.165, 1.54) is 9.80 Å². The summed E-state index contributed by atoms with van der Waals surface area (Å²) in [4.78, 5) is 25.3. The summed E-state index contributed by atoms with van der Waals surface area (Å²) in [7, 11) is 4.71. The highest BCUT2D eigenvalue weighted by atomic mass is 16.5. The monoisotopic (exact) mass is 256 g/mol. The number of nitrogens with zero attached hydrogens (tertiary/aromatic N) is 2. The van der Waals surface area contributed by atoms with Crippen LogP contribution >= 0.6 is 0 Å². The van der Waals surface area contributed by atoms with Gasteiger partial charge < -0.3 is 19.6 Å². The maximum Gasteiger partial charge on any atom is 0.325 e. The van der Waals surface area contributed by atoms with Crippen molar-refractivity contribution < 1.29 is 19.4 Å². The molecule has 0 radical (unpaired) electrons. The van der Waals surface area contributed by atoms with Crippen molar-refractivity contribution in [2.24, 2.45) is 0 Å². The number of esters is 1.